The van der Waals surface area contributed by atoms with Gasteiger partial charge >= 0.3 is 0 Å². The molecule has 0 radical (unpaired) electrons. The largest absolute Gasteiger partial charge is 0.482 e. The molecule has 0 aliphatic rings. The van der Waals surface area contributed by atoms with Crippen LogP contribution in [-0.4, -0.2) is 14.5 Å². The molecule has 108 valence electrons. The second kappa shape index (κ2) is 5.69. The molecule has 2 aromatic heterocycles. The maximum absolute atomic E-state index is 13.8. The van der Waals surface area contributed by atoms with Crippen molar-refractivity contribution in [2.75, 3.05) is 0 Å². The Morgan fingerprint density at radius 1 is 1.29 bits per heavy atom. The average Bonchev–Trinajstić information content (AvgIpc) is 2.85. The van der Waals surface area contributed by atoms with E-state index in [1.165, 1.54) is 6.07 Å². The number of aromatic nitrogens is 3. The molecule has 0 saturated heterocycles. The second-order valence-corrected chi connectivity index (χ2v) is 4.82. The Labute approximate surface area is 126 Å². The van der Waals surface area contributed by atoms with Crippen molar-refractivity contribution < 1.29 is 9.13 Å². The molecule has 3 rings (SSSR count). The van der Waals surface area contributed by atoms with E-state index in [0.717, 1.165) is 5.52 Å². The standard InChI is InChI=1S/C15H13ClFN3O/c1-2-20-11-6-3-5-10(17)14(11)19-13(20)9-21-12-7-4-8-18-15(12)16/h3-8H,2,9H2,1H3. The Morgan fingerprint density at radius 2 is 2.14 bits per heavy atom. The molecule has 1 aromatic carbocycles. The molecule has 0 fully saturated rings. The first-order chi connectivity index (χ1) is 10.2. The molecule has 21 heavy (non-hydrogen) atoms. The van der Waals surface area contributed by atoms with Crippen LogP contribution < -0.4 is 4.74 Å². The van der Waals surface area contributed by atoms with Gasteiger partial charge in [0.25, 0.3) is 0 Å². The van der Waals surface area contributed by atoms with Crippen molar-refractivity contribution >= 4 is 22.6 Å². The molecule has 0 amide bonds. The van der Waals surface area contributed by atoms with Gasteiger partial charge in [0.2, 0.25) is 0 Å². The van der Waals surface area contributed by atoms with E-state index in [0.29, 0.717) is 28.8 Å². The van der Waals surface area contributed by atoms with Crippen molar-refractivity contribution in [3.63, 3.8) is 0 Å². The van der Waals surface area contributed by atoms with E-state index in [4.69, 9.17) is 16.3 Å². The summed E-state index contributed by atoms with van der Waals surface area (Å²) in [6.07, 6.45) is 1.59. The predicted octanol–water partition coefficient (Wildman–Crippen LogP) is 3.82. The van der Waals surface area contributed by atoms with Crippen LogP contribution in [0, 0.1) is 5.82 Å². The van der Waals surface area contributed by atoms with Crippen LogP contribution in [0.1, 0.15) is 12.7 Å². The molecular weight excluding hydrogens is 293 g/mol. The zero-order valence-electron chi connectivity index (χ0n) is 11.4. The van der Waals surface area contributed by atoms with Gasteiger partial charge in [0.1, 0.15) is 17.9 Å². The van der Waals surface area contributed by atoms with Crippen molar-refractivity contribution in [2.24, 2.45) is 0 Å². The summed E-state index contributed by atoms with van der Waals surface area (Å²) in [6.45, 7) is 2.86. The third-order valence-corrected chi connectivity index (χ3v) is 3.49. The lowest BCUT2D eigenvalue weighted by Gasteiger charge is -2.08. The molecule has 0 saturated carbocycles. The van der Waals surface area contributed by atoms with Gasteiger partial charge < -0.3 is 9.30 Å². The van der Waals surface area contributed by atoms with Gasteiger partial charge in [-0.15, -0.1) is 0 Å². The van der Waals surface area contributed by atoms with Crippen LogP contribution in [0.15, 0.2) is 36.5 Å². The summed E-state index contributed by atoms with van der Waals surface area (Å²) in [5.74, 6) is 0.798. The van der Waals surface area contributed by atoms with Gasteiger partial charge in [-0.05, 0) is 31.2 Å². The van der Waals surface area contributed by atoms with Gasteiger partial charge in [-0.1, -0.05) is 17.7 Å². The normalized spacial score (nSPS) is 11.0. The Kier molecular flexibility index (Phi) is 3.75. The average molecular weight is 306 g/mol. The molecule has 0 N–H and O–H groups in total. The maximum Gasteiger partial charge on any atom is 0.171 e. The van der Waals surface area contributed by atoms with Gasteiger partial charge in [0.15, 0.2) is 16.7 Å². The molecule has 0 aliphatic heterocycles. The fourth-order valence-corrected chi connectivity index (χ4v) is 2.42. The first-order valence-corrected chi connectivity index (χ1v) is 6.95. The lowest BCUT2D eigenvalue weighted by Crippen LogP contribution is -2.06. The minimum Gasteiger partial charge on any atom is -0.482 e. The molecular formula is C15H13ClFN3O. The monoisotopic (exact) mass is 305 g/mol. The van der Waals surface area contributed by atoms with Crippen molar-refractivity contribution in [3.05, 3.63) is 53.3 Å². The first-order valence-electron chi connectivity index (χ1n) is 6.57. The number of hydrogen-bond acceptors (Lipinski definition) is 3. The topological polar surface area (TPSA) is 39.9 Å². The van der Waals surface area contributed by atoms with Gasteiger partial charge in [0.05, 0.1) is 5.52 Å². The third-order valence-electron chi connectivity index (χ3n) is 3.21. The zero-order valence-corrected chi connectivity index (χ0v) is 12.1. The number of rotatable bonds is 4. The van der Waals surface area contributed by atoms with E-state index in [-0.39, 0.29) is 12.4 Å². The highest BCUT2D eigenvalue weighted by Gasteiger charge is 2.13. The maximum atomic E-state index is 13.8. The molecule has 0 unspecified atom stereocenters. The van der Waals surface area contributed by atoms with Crippen LogP contribution in [-0.2, 0) is 13.2 Å². The lowest BCUT2D eigenvalue weighted by atomic mass is 10.3. The van der Waals surface area contributed by atoms with Gasteiger partial charge in [-0.2, -0.15) is 0 Å². The summed E-state index contributed by atoms with van der Waals surface area (Å²) < 4.78 is 21.3. The molecule has 0 spiro atoms. The molecule has 0 aliphatic carbocycles. The van der Waals surface area contributed by atoms with Gasteiger partial charge in [-0.25, -0.2) is 14.4 Å². The van der Waals surface area contributed by atoms with Gasteiger partial charge in [-0.3, -0.25) is 0 Å². The Hall–Kier alpha value is -2.14. The highest BCUT2D eigenvalue weighted by Crippen LogP contribution is 2.23. The van der Waals surface area contributed by atoms with E-state index in [9.17, 15) is 4.39 Å². The van der Waals surface area contributed by atoms with Gasteiger partial charge in [0, 0.05) is 12.7 Å². The number of fused-ring (bicyclic) bond motifs is 1. The van der Waals surface area contributed by atoms with Crippen LogP contribution in [0.3, 0.4) is 0 Å². The number of imidazole rings is 1. The SMILES string of the molecule is CCn1c(COc2cccnc2Cl)nc2c(F)cccc21. The van der Waals surface area contributed by atoms with Crippen LogP contribution in [0.4, 0.5) is 4.39 Å². The van der Waals surface area contributed by atoms with Crippen LogP contribution in [0.25, 0.3) is 11.0 Å². The van der Waals surface area contributed by atoms with E-state index < -0.39 is 0 Å². The van der Waals surface area contributed by atoms with Crippen LogP contribution >= 0.6 is 11.6 Å². The van der Waals surface area contributed by atoms with E-state index in [1.807, 2.05) is 17.6 Å². The zero-order chi connectivity index (χ0) is 14.8. The van der Waals surface area contributed by atoms with Crippen molar-refractivity contribution in [1.29, 1.82) is 0 Å². The summed E-state index contributed by atoms with van der Waals surface area (Å²) in [5, 5.41) is 0.294. The quantitative estimate of drug-likeness (QED) is 0.688. The number of aryl methyl sites for hydroxylation is 1. The number of hydrogen-bond donors (Lipinski definition) is 0. The molecule has 6 heteroatoms. The number of para-hydroxylation sites is 1. The molecule has 3 aromatic rings. The Balaban J connectivity index is 1.94. The first kappa shape index (κ1) is 13.8. The lowest BCUT2D eigenvalue weighted by molar-refractivity contribution is 0.290. The summed E-state index contributed by atoms with van der Waals surface area (Å²) in [6, 6.07) is 8.39. The van der Waals surface area contributed by atoms with Crippen molar-refractivity contribution in [2.45, 2.75) is 20.1 Å². The highest BCUT2D eigenvalue weighted by molar-refractivity contribution is 6.30. The number of benzene rings is 1. The van der Waals surface area contributed by atoms with E-state index in [1.54, 1.807) is 24.4 Å². The molecule has 0 bridgehead atoms. The summed E-state index contributed by atoms with van der Waals surface area (Å²) in [4.78, 5) is 8.27. The smallest absolute Gasteiger partial charge is 0.171 e. The minimum atomic E-state index is -0.333. The number of halogens is 2. The summed E-state index contributed by atoms with van der Waals surface area (Å²) >= 11 is 5.94. The van der Waals surface area contributed by atoms with Crippen molar-refractivity contribution in [1.82, 2.24) is 14.5 Å². The van der Waals surface area contributed by atoms with Crippen LogP contribution in [0.5, 0.6) is 5.75 Å². The summed E-state index contributed by atoms with van der Waals surface area (Å²) in [5.41, 5.74) is 1.11. The van der Waals surface area contributed by atoms with E-state index >= 15 is 0 Å². The Morgan fingerprint density at radius 3 is 2.90 bits per heavy atom. The number of ether oxygens (including phenoxy) is 1. The molecule has 4 nitrogen and oxygen atoms in total. The third kappa shape index (κ3) is 2.56. The number of nitrogens with zero attached hydrogens (tertiary/aromatic N) is 3. The predicted molar refractivity (Wildman–Crippen MR) is 78.9 cm³/mol. The highest BCUT2D eigenvalue weighted by atomic mass is 35.5. The molecule has 0 atom stereocenters. The molecule has 2 heterocycles. The fraction of sp³-hybridized carbons (Fsp3) is 0.200. The second-order valence-electron chi connectivity index (χ2n) is 4.46. The minimum absolute atomic E-state index is 0.202. The Bertz CT molecular complexity index is 788. The number of pyridine rings is 1. The fourth-order valence-electron chi connectivity index (χ4n) is 2.25. The van der Waals surface area contributed by atoms with Crippen LogP contribution in [0.2, 0.25) is 5.15 Å². The van der Waals surface area contributed by atoms with E-state index in [2.05, 4.69) is 9.97 Å². The van der Waals surface area contributed by atoms with Crippen molar-refractivity contribution in [3.8, 4) is 5.75 Å². The summed E-state index contributed by atoms with van der Waals surface area (Å²) in [7, 11) is 0.